The van der Waals surface area contributed by atoms with Gasteiger partial charge in [-0.3, -0.25) is 9.63 Å². The highest BCUT2D eigenvalue weighted by Crippen LogP contribution is 2.17. The van der Waals surface area contributed by atoms with Gasteiger partial charge in [-0.1, -0.05) is 32.0 Å². The third-order valence-electron chi connectivity index (χ3n) is 1.94. The Kier molecular flexibility index (Phi) is 6.74. The smallest absolute Gasteiger partial charge is 0.244 e. The van der Waals surface area contributed by atoms with E-state index in [2.05, 4.69) is 5.48 Å². The third-order valence-corrected chi connectivity index (χ3v) is 2.96. The molecule has 0 aliphatic rings. The molecule has 0 spiro atoms. The predicted molar refractivity (Wildman–Crippen MR) is 70.7 cm³/mol. The highest BCUT2D eigenvalue weighted by Gasteiger charge is 2.02. The van der Waals surface area contributed by atoms with Crippen molar-refractivity contribution in [1.29, 1.82) is 0 Å². The lowest BCUT2D eigenvalue weighted by Gasteiger charge is -2.07. The second-order valence-corrected chi connectivity index (χ2v) is 5.31. The van der Waals surface area contributed by atoms with Crippen LogP contribution in [0.25, 0.3) is 0 Å². The van der Waals surface area contributed by atoms with Crippen molar-refractivity contribution in [1.82, 2.24) is 5.48 Å². The third kappa shape index (κ3) is 7.02. The average molecular weight is 253 g/mol. The number of carbonyl (C=O) groups excluding carboxylic acids is 1. The minimum atomic E-state index is -0.0610. The van der Waals surface area contributed by atoms with E-state index in [-0.39, 0.29) is 5.91 Å². The molecule has 0 saturated heterocycles. The zero-order valence-corrected chi connectivity index (χ0v) is 11.1. The molecular formula is C13H19NO2S. The molecule has 1 N–H and O–H groups in total. The Hall–Kier alpha value is -1.00. The molecular weight excluding hydrogens is 234 g/mol. The lowest BCUT2D eigenvalue weighted by molar-refractivity contribution is -0.133. The second kappa shape index (κ2) is 8.14. The monoisotopic (exact) mass is 253 g/mol. The van der Waals surface area contributed by atoms with Crippen molar-refractivity contribution >= 4 is 17.7 Å². The number of hydrogen-bond acceptors (Lipinski definition) is 3. The summed E-state index contributed by atoms with van der Waals surface area (Å²) in [6.07, 6.45) is 0.470. The van der Waals surface area contributed by atoms with Gasteiger partial charge in [0.2, 0.25) is 5.91 Å². The van der Waals surface area contributed by atoms with Crippen molar-refractivity contribution in [2.24, 2.45) is 5.92 Å². The highest BCUT2D eigenvalue weighted by molar-refractivity contribution is 7.99. The van der Waals surface area contributed by atoms with Crippen LogP contribution in [0.2, 0.25) is 0 Å². The number of hydrogen-bond donors (Lipinski definition) is 1. The van der Waals surface area contributed by atoms with E-state index in [1.54, 1.807) is 11.8 Å². The summed E-state index contributed by atoms with van der Waals surface area (Å²) in [6, 6.07) is 10.1. The van der Waals surface area contributed by atoms with Crippen LogP contribution < -0.4 is 5.48 Å². The SMILES string of the molecule is CC(C)CONC(=O)CCSc1ccccc1. The van der Waals surface area contributed by atoms with E-state index in [9.17, 15) is 4.79 Å². The molecule has 0 fully saturated rings. The maximum Gasteiger partial charge on any atom is 0.244 e. The number of nitrogens with one attached hydrogen (secondary N) is 1. The van der Waals surface area contributed by atoms with Crippen molar-refractivity contribution < 1.29 is 9.63 Å². The quantitative estimate of drug-likeness (QED) is 0.600. The van der Waals surface area contributed by atoms with Crippen LogP contribution in [0.3, 0.4) is 0 Å². The number of carbonyl (C=O) groups is 1. The lowest BCUT2D eigenvalue weighted by atomic mass is 10.2. The molecule has 3 nitrogen and oxygen atoms in total. The Morgan fingerprint density at radius 3 is 2.71 bits per heavy atom. The van der Waals surface area contributed by atoms with Crippen LogP contribution in [-0.2, 0) is 9.63 Å². The van der Waals surface area contributed by atoms with E-state index in [1.807, 2.05) is 44.2 Å². The summed E-state index contributed by atoms with van der Waals surface area (Å²) in [5.41, 5.74) is 2.45. The maximum absolute atomic E-state index is 11.4. The van der Waals surface area contributed by atoms with Gasteiger partial charge < -0.3 is 0 Å². The molecule has 1 aromatic rings. The Bertz CT molecular complexity index is 327. The molecule has 0 unspecified atom stereocenters. The Labute approximate surface area is 107 Å². The number of amides is 1. The van der Waals surface area contributed by atoms with Crippen LogP contribution in [0.4, 0.5) is 0 Å². The Balaban J connectivity index is 2.08. The first-order chi connectivity index (χ1) is 8.18. The van der Waals surface area contributed by atoms with Gasteiger partial charge in [0, 0.05) is 17.1 Å². The van der Waals surface area contributed by atoms with Crippen LogP contribution in [0.5, 0.6) is 0 Å². The highest BCUT2D eigenvalue weighted by atomic mass is 32.2. The molecule has 0 atom stereocenters. The summed E-state index contributed by atoms with van der Waals surface area (Å²) in [4.78, 5) is 17.6. The topological polar surface area (TPSA) is 38.3 Å². The standard InChI is InChI=1S/C13H19NO2S/c1-11(2)10-16-14-13(15)8-9-17-12-6-4-3-5-7-12/h3-7,11H,8-10H2,1-2H3,(H,14,15). The summed E-state index contributed by atoms with van der Waals surface area (Å²) in [7, 11) is 0. The van der Waals surface area contributed by atoms with E-state index in [1.165, 1.54) is 4.90 Å². The average Bonchev–Trinajstić information content (AvgIpc) is 2.30. The van der Waals surface area contributed by atoms with Crippen LogP contribution >= 0.6 is 11.8 Å². The Morgan fingerprint density at radius 1 is 1.35 bits per heavy atom. The molecule has 0 bridgehead atoms. The van der Waals surface area contributed by atoms with Crippen molar-refractivity contribution in [3.8, 4) is 0 Å². The predicted octanol–water partition coefficient (Wildman–Crippen LogP) is 2.87. The van der Waals surface area contributed by atoms with Crippen LogP contribution in [0.15, 0.2) is 35.2 Å². The molecule has 0 aliphatic heterocycles. The molecule has 17 heavy (non-hydrogen) atoms. The van der Waals surface area contributed by atoms with E-state index in [0.29, 0.717) is 18.9 Å². The minimum Gasteiger partial charge on any atom is -0.273 e. The number of thioether (sulfide) groups is 1. The zero-order chi connectivity index (χ0) is 12.5. The normalized spacial score (nSPS) is 10.5. The van der Waals surface area contributed by atoms with Gasteiger partial charge in [-0.2, -0.15) is 0 Å². The zero-order valence-electron chi connectivity index (χ0n) is 10.3. The van der Waals surface area contributed by atoms with Gasteiger partial charge >= 0.3 is 0 Å². The van der Waals surface area contributed by atoms with Crippen molar-refractivity contribution in [3.63, 3.8) is 0 Å². The molecule has 4 heteroatoms. The first-order valence-corrected chi connectivity index (χ1v) is 6.75. The van der Waals surface area contributed by atoms with Crippen LogP contribution in [0, 0.1) is 5.92 Å². The largest absolute Gasteiger partial charge is 0.273 e. The molecule has 0 saturated carbocycles. The molecule has 0 aromatic heterocycles. The fourth-order valence-corrected chi connectivity index (χ4v) is 1.99. The Morgan fingerprint density at radius 2 is 2.06 bits per heavy atom. The summed E-state index contributed by atoms with van der Waals surface area (Å²) in [5.74, 6) is 1.13. The summed E-state index contributed by atoms with van der Waals surface area (Å²) >= 11 is 1.67. The molecule has 1 aromatic carbocycles. The van der Waals surface area contributed by atoms with Gasteiger partial charge in [-0.05, 0) is 18.1 Å². The first-order valence-electron chi connectivity index (χ1n) is 5.77. The maximum atomic E-state index is 11.4. The molecule has 1 rings (SSSR count). The van der Waals surface area contributed by atoms with Crippen molar-refractivity contribution in [2.75, 3.05) is 12.4 Å². The summed E-state index contributed by atoms with van der Waals surface area (Å²) in [5, 5.41) is 0. The molecule has 1 amide bonds. The number of benzene rings is 1. The van der Waals surface area contributed by atoms with Crippen molar-refractivity contribution in [2.45, 2.75) is 25.2 Å². The van der Waals surface area contributed by atoms with Crippen LogP contribution in [0.1, 0.15) is 20.3 Å². The fraction of sp³-hybridized carbons (Fsp3) is 0.462. The van der Waals surface area contributed by atoms with E-state index in [4.69, 9.17) is 4.84 Å². The fourth-order valence-electron chi connectivity index (χ4n) is 1.12. The van der Waals surface area contributed by atoms with Crippen molar-refractivity contribution in [3.05, 3.63) is 30.3 Å². The number of hydroxylamine groups is 1. The molecule has 0 heterocycles. The van der Waals surface area contributed by atoms with E-state index < -0.39 is 0 Å². The first kappa shape index (κ1) is 14.1. The summed E-state index contributed by atoms with van der Waals surface area (Å²) in [6.45, 7) is 4.63. The molecule has 0 radical (unpaired) electrons. The van der Waals surface area contributed by atoms with Gasteiger partial charge in [0.25, 0.3) is 0 Å². The number of rotatable bonds is 7. The molecule has 0 aliphatic carbocycles. The van der Waals surface area contributed by atoms with E-state index >= 15 is 0 Å². The lowest BCUT2D eigenvalue weighted by Crippen LogP contribution is -2.25. The van der Waals surface area contributed by atoms with Gasteiger partial charge in [-0.15, -0.1) is 11.8 Å². The van der Waals surface area contributed by atoms with Gasteiger partial charge in [0.05, 0.1) is 6.61 Å². The molecule has 94 valence electrons. The minimum absolute atomic E-state index is 0.0610. The summed E-state index contributed by atoms with van der Waals surface area (Å²) < 4.78 is 0. The van der Waals surface area contributed by atoms with E-state index in [0.717, 1.165) is 5.75 Å². The van der Waals surface area contributed by atoms with Crippen LogP contribution in [-0.4, -0.2) is 18.3 Å². The van der Waals surface area contributed by atoms with Gasteiger partial charge in [0.1, 0.15) is 0 Å². The van der Waals surface area contributed by atoms with Gasteiger partial charge in [-0.25, -0.2) is 5.48 Å². The van der Waals surface area contributed by atoms with Gasteiger partial charge in [0.15, 0.2) is 0 Å². The second-order valence-electron chi connectivity index (χ2n) is 4.14.